The van der Waals surface area contributed by atoms with E-state index >= 15 is 0 Å². The summed E-state index contributed by atoms with van der Waals surface area (Å²) in [6.45, 7) is 4.79. The molecule has 1 fully saturated rings. The van der Waals surface area contributed by atoms with Crippen LogP contribution in [0, 0.1) is 6.92 Å². The number of aryl methyl sites for hydroxylation is 1. The minimum atomic E-state index is -3.68. The highest BCUT2D eigenvalue weighted by atomic mass is 32.2. The van der Waals surface area contributed by atoms with E-state index in [0.29, 0.717) is 24.5 Å². The first kappa shape index (κ1) is 26.0. The van der Waals surface area contributed by atoms with Crippen molar-refractivity contribution in [2.45, 2.75) is 37.6 Å². The third kappa shape index (κ3) is 6.28. The van der Waals surface area contributed by atoms with Crippen molar-refractivity contribution in [3.63, 3.8) is 0 Å². The summed E-state index contributed by atoms with van der Waals surface area (Å²) in [5, 5.41) is 2.69. The van der Waals surface area contributed by atoms with Crippen molar-refractivity contribution in [3.8, 4) is 5.75 Å². The summed E-state index contributed by atoms with van der Waals surface area (Å²) in [7, 11) is -7.16. The SMILES string of the molecule is Cc1ccc(N([C@@H](C)C(=O)NCCOc2ccc(S(=O)(=O)N3CCCC3)cc2)S(C)(=O)=O)cc1. The van der Waals surface area contributed by atoms with Gasteiger partial charge in [0.1, 0.15) is 18.4 Å². The normalized spacial score (nSPS) is 15.6. The smallest absolute Gasteiger partial charge is 0.243 e. The number of anilines is 1. The van der Waals surface area contributed by atoms with Crippen molar-refractivity contribution in [1.82, 2.24) is 9.62 Å². The lowest BCUT2D eigenvalue weighted by Gasteiger charge is -2.28. The van der Waals surface area contributed by atoms with Crippen LogP contribution in [0.5, 0.6) is 5.75 Å². The van der Waals surface area contributed by atoms with Crippen molar-refractivity contribution in [3.05, 3.63) is 54.1 Å². The number of rotatable bonds is 10. The van der Waals surface area contributed by atoms with Gasteiger partial charge in [0.25, 0.3) is 0 Å². The van der Waals surface area contributed by atoms with Crippen LogP contribution in [-0.2, 0) is 24.8 Å². The van der Waals surface area contributed by atoms with Crippen LogP contribution < -0.4 is 14.4 Å². The number of sulfonamides is 2. The number of hydrogen-bond acceptors (Lipinski definition) is 6. The van der Waals surface area contributed by atoms with Gasteiger partial charge in [-0.15, -0.1) is 0 Å². The van der Waals surface area contributed by atoms with E-state index in [1.165, 1.54) is 23.4 Å². The van der Waals surface area contributed by atoms with Gasteiger partial charge in [-0.3, -0.25) is 9.10 Å². The molecule has 0 bridgehead atoms. The molecule has 0 aromatic heterocycles. The van der Waals surface area contributed by atoms with E-state index in [9.17, 15) is 21.6 Å². The Hall–Kier alpha value is -2.63. The molecule has 1 aliphatic heterocycles. The molecule has 0 spiro atoms. The van der Waals surface area contributed by atoms with Crippen LogP contribution in [0.15, 0.2) is 53.4 Å². The zero-order valence-electron chi connectivity index (χ0n) is 19.6. The van der Waals surface area contributed by atoms with Crippen LogP contribution in [0.2, 0.25) is 0 Å². The molecule has 1 N–H and O–H groups in total. The monoisotopic (exact) mass is 509 g/mol. The molecule has 2 aromatic carbocycles. The van der Waals surface area contributed by atoms with E-state index in [1.807, 2.05) is 6.92 Å². The van der Waals surface area contributed by atoms with Gasteiger partial charge in [0.2, 0.25) is 26.0 Å². The summed E-state index contributed by atoms with van der Waals surface area (Å²) < 4.78 is 58.0. The molecule has 1 saturated heterocycles. The first-order valence-corrected chi connectivity index (χ1v) is 14.4. The molecule has 1 heterocycles. The topological polar surface area (TPSA) is 113 Å². The highest BCUT2D eigenvalue weighted by Crippen LogP contribution is 2.23. The predicted molar refractivity (Wildman–Crippen MR) is 131 cm³/mol. The summed E-state index contributed by atoms with van der Waals surface area (Å²) in [6, 6.07) is 12.1. The molecule has 11 heteroatoms. The van der Waals surface area contributed by atoms with Crippen LogP contribution in [0.25, 0.3) is 0 Å². The van der Waals surface area contributed by atoms with Crippen molar-refractivity contribution >= 4 is 31.6 Å². The summed E-state index contributed by atoms with van der Waals surface area (Å²) in [6.07, 6.45) is 2.81. The number of nitrogens with one attached hydrogen (secondary N) is 1. The quantitative estimate of drug-likeness (QED) is 0.491. The molecule has 186 valence electrons. The molecule has 0 saturated carbocycles. The molecule has 34 heavy (non-hydrogen) atoms. The Morgan fingerprint density at radius 3 is 2.18 bits per heavy atom. The Morgan fingerprint density at radius 1 is 1.03 bits per heavy atom. The maximum Gasteiger partial charge on any atom is 0.243 e. The first-order chi connectivity index (χ1) is 16.0. The van der Waals surface area contributed by atoms with Crippen LogP contribution in [0.3, 0.4) is 0 Å². The maximum atomic E-state index is 12.6. The Balaban J connectivity index is 1.53. The third-order valence-corrected chi connectivity index (χ3v) is 8.73. The molecular weight excluding hydrogens is 478 g/mol. The minimum Gasteiger partial charge on any atom is -0.492 e. The fourth-order valence-corrected chi connectivity index (χ4v) is 6.47. The summed E-state index contributed by atoms with van der Waals surface area (Å²) in [5.74, 6) is 0.0155. The lowest BCUT2D eigenvalue weighted by molar-refractivity contribution is -0.121. The molecule has 1 amide bonds. The number of hydrogen-bond donors (Lipinski definition) is 1. The van der Waals surface area contributed by atoms with Gasteiger partial charge in [0, 0.05) is 13.1 Å². The number of amides is 1. The van der Waals surface area contributed by atoms with Gasteiger partial charge in [-0.2, -0.15) is 4.31 Å². The van der Waals surface area contributed by atoms with Gasteiger partial charge in [0.15, 0.2) is 0 Å². The molecular formula is C23H31N3O6S2. The molecule has 3 rings (SSSR count). The standard InChI is InChI=1S/C23H31N3O6S2/c1-18-6-8-20(9-7-18)26(33(3,28)29)19(2)23(27)24-14-17-32-21-10-12-22(13-11-21)34(30,31)25-15-4-5-16-25/h6-13,19H,4-5,14-17H2,1-3H3,(H,24,27)/t19-/m0/s1. The third-order valence-electron chi connectivity index (χ3n) is 5.57. The zero-order valence-corrected chi connectivity index (χ0v) is 21.2. The van der Waals surface area contributed by atoms with Gasteiger partial charge in [-0.1, -0.05) is 17.7 Å². The van der Waals surface area contributed by atoms with Gasteiger partial charge in [-0.25, -0.2) is 16.8 Å². The van der Waals surface area contributed by atoms with Crippen molar-refractivity contribution < 1.29 is 26.4 Å². The second-order valence-electron chi connectivity index (χ2n) is 8.29. The molecule has 0 radical (unpaired) electrons. The number of benzene rings is 2. The molecule has 9 nitrogen and oxygen atoms in total. The van der Waals surface area contributed by atoms with Crippen LogP contribution in [0.1, 0.15) is 25.3 Å². The summed E-state index contributed by atoms with van der Waals surface area (Å²) in [4.78, 5) is 12.8. The molecule has 0 unspecified atom stereocenters. The number of carbonyl (C=O) groups is 1. The summed E-state index contributed by atoms with van der Waals surface area (Å²) >= 11 is 0. The van der Waals surface area contributed by atoms with Gasteiger partial charge >= 0.3 is 0 Å². The van der Waals surface area contributed by atoms with Gasteiger partial charge in [-0.05, 0) is 63.1 Å². The lowest BCUT2D eigenvalue weighted by atomic mass is 10.2. The van der Waals surface area contributed by atoms with E-state index in [2.05, 4.69) is 5.32 Å². The Labute approximate surface area is 201 Å². The second kappa shape index (κ2) is 10.7. The zero-order chi connectivity index (χ0) is 24.9. The average Bonchev–Trinajstić information content (AvgIpc) is 3.33. The van der Waals surface area contributed by atoms with Gasteiger partial charge < -0.3 is 10.1 Å². The van der Waals surface area contributed by atoms with Crippen LogP contribution >= 0.6 is 0 Å². The number of carbonyl (C=O) groups excluding carboxylic acids is 1. The van der Waals surface area contributed by atoms with Crippen LogP contribution in [-0.4, -0.2) is 65.6 Å². The van der Waals surface area contributed by atoms with Crippen LogP contribution in [0.4, 0.5) is 5.69 Å². The number of ether oxygens (including phenoxy) is 1. The van der Waals surface area contributed by atoms with Gasteiger partial charge in [0.05, 0.1) is 23.4 Å². The molecule has 1 aliphatic rings. The Bertz CT molecular complexity index is 1190. The molecule has 2 aromatic rings. The van der Waals surface area contributed by atoms with E-state index in [0.717, 1.165) is 29.0 Å². The van der Waals surface area contributed by atoms with Crippen molar-refractivity contribution in [2.75, 3.05) is 36.8 Å². The summed E-state index contributed by atoms with van der Waals surface area (Å²) in [5.41, 5.74) is 1.39. The maximum absolute atomic E-state index is 12.6. The fourth-order valence-electron chi connectivity index (χ4n) is 3.78. The molecule has 1 atom stereocenters. The fraction of sp³-hybridized carbons (Fsp3) is 0.435. The van der Waals surface area contributed by atoms with E-state index in [-0.39, 0.29) is 18.0 Å². The largest absolute Gasteiger partial charge is 0.492 e. The van der Waals surface area contributed by atoms with E-state index < -0.39 is 32.0 Å². The molecule has 0 aliphatic carbocycles. The number of nitrogens with zero attached hydrogens (tertiary/aromatic N) is 2. The Morgan fingerprint density at radius 2 is 1.62 bits per heavy atom. The average molecular weight is 510 g/mol. The predicted octanol–water partition coefficient (Wildman–Crippen LogP) is 2.13. The second-order valence-corrected chi connectivity index (χ2v) is 12.1. The van der Waals surface area contributed by atoms with E-state index in [1.54, 1.807) is 36.4 Å². The highest BCUT2D eigenvalue weighted by Gasteiger charge is 2.29. The van der Waals surface area contributed by atoms with Crippen molar-refractivity contribution in [1.29, 1.82) is 0 Å². The highest BCUT2D eigenvalue weighted by molar-refractivity contribution is 7.92. The first-order valence-electron chi connectivity index (χ1n) is 11.1. The van der Waals surface area contributed by atoms with E-state index in [4.69, 9.17) is 4.74 Å². The lowest BCUT2D eigenvalue weighted by Crippen LogP contribution is -2.48. The Kier molecular flexibility index (Phi) is 8.21. The van der Waals surface area contributed by atoms with Crippen molar-refractivity contribution in [2.24, 2.45) is 0 Å². The minimum absolute atomic E-state index is 0.139.